The highest BCUT2D eigenvalue weighted by atomic mass is 32.2. The van der Waals surface area contributed by atoms with Crippen LogP contribution in [0.15, 0.2) is 0 Å². The van der Waals surface area contributed by atoms with Gasteiger partial charge in [-0.3, -0.25) is 4.79 Å². The lowest BCUT2D eigenvalue weighted by Crippen LogP contribution is -2.48. The molecule has 2 N–H and O–H groups in total. The molecule has 0 spiro atoms. The molecule has 0 saturated carbocycles. The van der Waals surface area contributed by atoms with E-state index in [9.17, 15) is 18.3 Å². The van der Waals surface area contributed by atoms with Crippen LogP contribution in [0, 0.1) is 0 Å². The highest BCUT2D eigenvalue weighted by Crippen LogP contribution is 2.07. The van der Waals surface area contributed by atoms with Crippen LogP contribution < -0.4 is 5.32 Å². The van der Waals surface area contributed by atoms with Crippen LogP contribution in [0.4, 0.5) is 0 Å². The molecule has 0 aromatic rings. The van der Waals surface area contributed by atoms with Crippen molar-refractivity contribution in [2.45, 2.75) is 25.0 Å². The number of nitrogens with one attached hydrogen (secondary N) is 1. The number of sulfone groups is 1. The molecule has 0 unspecified atom stereocenters. The largest absolute Gasteiger partial charge is 0.389 e. The molecule has 0 aliphatic carbocycles. The van der Waals surface area contributed by atoms with Gasteiger partial charge in [-0.05, 0) is 6.42 Å². The van der Waals surface area contributed by atoms with E-state index < -0.39 is 15.9 Å². The van der Waals surface area contributed by atoms with Gasteiger partial charge < -0.3 is 15.2 Å². The smallest absolute Gasteiger partial charge is 0.221 e. The first-order valence-electron chi connectivity index (χ1n) is 5.11. The van der Waals surface area contributed by atoms with E-state index in [1.807, 2.05) is 0 Å². The molecule has 1 aliphatic rings. The first-order chi connectivity index (χ1) is 7.38. The minimum atomic E-state index is -3.12. The summed E-state index contributed by atoms with van der Waals surface area (Å²) in [6, 6.07) is -0.333. The molecular weight excluding hydrogens is 234 g/mol. The molecule has 0 aromatic carbocycles. The monoisotopic (exact) mass is 251 g/mol. The van der Waals surface area contributed by atoms with E-state index in [1.165, 1.54) is 0 Å². The summed E-state index contributed by atoms with van der Waals surface area (Å²) in [5, 5.41) is 12.1. The van der Waals surface area contributed by atoms with Gasteiger partial charge >= 0.3 is 0 Å². The Morgan fingerprint density at radius 1 is 1.56 bits per heavy atom. The molecule has 0 aromatic heterocycles. The second-order valence-electron chi connectivity index (χ2n) is 3.98. The number of hydrogen-bond acceptors (Lipinski definition) is 5. The Morgan fingerprint density at radius 2 is 2.25 bits per heavy atom. The number of carbonyl (C=O) groups excluding carboxylic acids is 1. The van der Waals surface area contributed by atoms with Crippen LogP contribution in [-0.4, -0.2) is 56.8 Å². The van der Waals surface area contributed by atoms with Crippen molar-refractivity contribution in [3.8, 4) is 0 Å². The van der Waals surface area contributed by atoms with Crippen molar-refractivity contribution in [3.05, 3.63) is 0 Å². The van der Waals surface area contributed by atoms with Crippen molar-refractivity contribution >= 4 is 15.7 Å². The first kappa shape index (κ1) is 13.4. The second kappa shape index (κ2) is 5.60. The highest BCUT2D eigenvalue weighted by molar-refractivity contribution is 7.90. The summed E-state index contributed by atoms with van der Waals surface area (Å²) in [5.41, 5.74) is 0. The molecule has 2 atom stereocenters. The van der Waals surface area contributed by atoms with Crippen molar-refractivity contribution in [2.24, 2.45) is 0 Å². The van der Waals surface area contributed by atoms with Crippen LogP contribution in [0.2, 0.25) is 0 Å². The second-order valence-corrected chi connectivity index (χ2v) is 6.24. The zero-order chi connectivity index (χ0) is 12.2. The molecule has 1 aliphatic heterocycles. The van der Waals surface area contributed by atoms with Crippen LogP contribution in [0.3, 0.4) is 0 Å². The number of amides is 1. The van der Waals surface area contributed by atoms with E-state index in [0.29, 0.717) is 13.0 Å². The summed E-state index contributed by atoms with van der Waals surface area (Å²) in [6.07, 6.45) is 0.856. The summed E-state index contributed by atoms with van der Waals surface area (Å²) in [4.78, 5) is 11.4. The summed E-state index contributed by atoms with van der Waals surface area (Å²) >= 11 is 0. The van der Waals surface area contributed by atoms with Gasteiger partial charge in [0.1, 0.15) is 9.84 Å². The fourth-order valence-corrected chi connectivity index (χ4v) is 2.00. The van der Waals surface area contributed by atoms with Gasteiger partial charge in [0, 0.05) is 19.3 Å². The lowest BCUT2D eigenvalue weighted by molar-refractivity contribution is -0.124. The van der Waals surface area contributed by atoms with E-state index in [2.05, 4.69) is 5.32 Å². The van der Waals surface area contributed by atoms with Gasteiger partial charge in [0.2, 0.25) is 5.91 Å². The maximum atomic E-state index is 11.4. The molecule has 0 radical (unpaired) electrons. The minimum Gasteiger partial charge on any atom is -0.389 e. The van der Waals surface area contributed by atoms with Crippen LogP contribution in [-0.2, 0) is 19.4 Å². The predicted octanol–water partition coefficient (Wildman–Crippen LogP) is -1.31. The summed E-state index contributed by atoms with van der Waals surface area (Å²) in [7, 11) is -3.12. The standard InChI is InChI=1S/C9H17NO5S/c1-16(13,14)5-3-9(12)10-7-2-4-15-6-8(7)11/h7-8,11H,2-6H2,1H3,(H,10,12)/t7-,8-/m1/s1. The van der Waals surface area contributed by atoms with Gasteiger partial charge in [-0.1, -0.05) is 0 Å². The molecule has 1 fully saturated rings. The maximum absolute atomic E-state index is 11.4. The fraction of sp³-hybridized carbons (Fsp3) is 0.889. The number of aliphatic hydroxyl groups is 1. The molecule has 1 saturated heterocycles. The highest BCUT2D eigenvalue weighted by Gasteiger charge is 2.25. The molecule has 16 heavy (non-hydrogen) atoms. The lowest BCUT2D eigenvalue weighted by Gasteiger charge is -2.28. The number of hydrogen-bond donors (Lipinski definition) is 2. The van der Waals surface area contributed by atoms with Gasteiger partial charge in [0.05, 0.1) is 24.5 Å². The van der Waals surface area contributed by atoms with Crippen molar-refractivity contribution < 1.29 is 23.1 Å². The normalized spacial score (nSPS) is 26.4. The third-order valence-corrected chi connectivity index (χ3v) is 3.32. The van der Waals surface area contributed by atoms with Crippen molar-refractivity contribution in [1.82, 2.24) is 5.32 Å². The van der Waals surface area contributed by atoms with Crippen LogP contribution >= 0.6 is 0 Å². The van der Waals surface area contributed by atoms with Gasteiger partial charge in [0.15, 0.2) is 0 Å². The Kier molecular flexibility index (Phi) is 4.69. The molecule has 1 amide bonds. The van der Waals surface area contributed by atoms with Gasteiger partial charge in [-0.25, -0.2) is 8.42 Å². The number of rotatable bonds is 4. The number of carbonyl (C=O) groups is 1. The topological polar surface area (TPSA) is 92.7 Å². The van der Waals surface area contributed by atoms with Gasteiger partial charge in [0.25, 0.3) is 0 Å². The Morgan fingerprint density at radius 3 is 2.81 bits per heavy atom. The number of ether oxygens (including phenoxy) is 1. The Labute approximate surface area is 94.9 Å². The van der Waals surface area contributed by atoms with Crippen molar-refractivity contribution in [3.63, 3.8) is 0 Å². The molecule has 6 nitrogen and oxygen atoms in total. The number of aliphatic hydroxyl groups excluding tert-OH is 1. The van der Waals surface area contributed by atoms with Crippen LogP contribution in [0.25, 0.3) is 0 Å². The third-order valence-electron chi connectivity index (χ3n) is 2.37. The van der Waals surface area contributed by atoms with Crippen LogP contribution in [0.1, 0.15) is 12.8 Å². The quantitative estimate of drug-likeness (QED) is 0.647. The average Bonchev–Trinajstić information content (AvgIpc) is 2.18. The first-order valence-corrected chi connectivity index (χ1v) is 7.17. The molecule has 1 heterocycles. The zero-order valence-corrected chi connectivity index (χ0v) is 10.00. The summed E-state index contributed by atoms with van der Waals surface area (Å²) < 4.78 is 26.7. The van der Waals surface area contributed by atoms with E-state index in [4.69, 9.17) is 4.74 Å². The van der Waals surface area contributed by atoms with Gasteiger partial charge in [-0.2, -0.15) is 0 Å². The SMILES string of the molecule is CS(=O)(=O)CCC(=O)N[C@@H]1CCOC[C@H]1O. The molecule has 7 heteroatoms. The Balaban J connectivity index is 2.33. The maximum Gasteiger partial charge on any atom is 0.221 e. The Hall–Kier alpha value is -0.660. The van der Waals surface area contributed by atoms with E-state index >= 15 is 0 Å². The summed E-state index contributed by atoms with van der Waals surface area (Å²) in [5.74, 6) is -0.519. The van der Waals surface area contributed by atoms with E-state index in [-0.39, 0.29) is 30.7 Å². The lowest BCUT2D eigenvalue weighted by atomic mass is 10.1. The van der Waals surface area contributed by atoms with E-state index in [0.717, 1.165) is 6.26 Å². The summed E-state index contributed by atoms with van der Waals surface area (Å²) in [6.45, 7) is 0.700. The molecule has 94 valence electrons. The molecule has 1 rings (SSSR count). The van der Waals surface area contributed by atoms with Crippen LogP contribution in [0.5, 0.6) is 0 Å². The van der Waals surface area contributed by atoms with Crippen molar-refractivity contribution in [2.75, 3.05) is 25.2 Å². The van der Waals surface area contributed by atoms with E-state index in [1.54, 1.807) is 0 Å². The van der Waals surface area contributed by atoms with Crippen molar-refractivity contribution in [1.29, 1.82) is 0 Å². The predicted molar refractivity (Wildman–Crippen MR) is 57.7 cm³/mol. The third kappa shape index (κ3) is 4.91. The molecular formula is C9H17NO5S. The minimum absolute atomic E-state index is 0.0666. The Bertz CT molecular complexity index is 340. The zero-order valence-electron chi connectivity index (χ0n) is 9.18. The van der Waals surface area contributed by atoms with Gasteiger partial charge in [-0.15, -0.1) is 0 Å². The molecule has 0 bridgehead atoms. The fourth-order valence-electron chi connectivity index (χ4n) is 1.45. The average molecular weight is 251 g/mol.